The molecule has 128 valence electrons. The van der Waals surface area contributed by atoms with Gasteiger partial charge in [0.15, 0.2) is 11.7 Å². The number of nitrogens with zero attached hydrogens (tertiary/aromatic N) is 1. The molecule has 25 heavy (non-hydrogen) atoms. The third-order valence-corrected chi connectivity index (χ3v) is 4.58. The normalized spacial score (nSPS) is 10.6. The molecule has 0 saturated carbocycles. The average Bonchev–Trinajstić information content (AvgIpc) is 3.12. The molecule has 5 heteroatoms. The lowest BCUT2D eigenvalue weighted by Crippen LogP contribution is -2.12. The Labute approximate surface area is 151 Å². The van der Waals surface area contributed by atoms with E-state index in [0.29, 0.717) is 25.2 Å². The average molecular weight is 352 g/mol. The molecule has 0 atom stereocenters. The monoisotopic (exact) mass is 352 g/mol. The van der Waals surface area contributed by atoms with E-state index in [1.54, 1.807) is 18.0 Å². The van der Waals surface area contributed by atoms with Gasteiger partial charge in [-0.05, 0) is 24.8 Å². The van der Waals surface area contributed by atoms with E-state index in [1.165, 1.54) is 0 Å². The van der Waals surface area contributed by atoms with Gasteiger partial charge in [0.25, 0.3) is 0 Å². The predicted molar refractivity (Wildman–Crippen MR) is 102 cm³/mol. The quantitative estimate of drug-likeness (QED) is 0.606. The Morgan fingerprint density at radius 2 is 1.88 bits per heavy atom. The van der Waals surface area contributed by atoms with Gasteiger partial charge in [-0.15, -0.1) is 11.8 Å². The molecule has 0 aliphatic rings. The minimum atomic E-state index is 0.0105. The predicted octanol–water partition coefficient (Wildman–Crippen LogP) is 5.02. The van der Waals surface area contributed by atoms with Crippen LogP contribution >= 0.6 is 11.8 Å². The molecule has 0 spiro atoms. The smallest absolute Gasteiger partial charge is 0.224 e. The highest BCUT2D eigenvalue weighted by Crippen LogP contribution is 2.25. The first kappa shape index (κ1) is 17.3. The molecule has 2 aromatic carbocycles. The van der Waals surface area contributed by atoms with Gasteiger partial charge in [0.05, 0.1) is 11.9 Å². The summed E-state index contributed by atoms with van der Waals surface area (Å²) in [7, 11) is 0. The van der Waals surface area contributed by atoms with Crippen LogP contribution in [-0.4, -0.2) is 17.1 Å². The zero-order valence-corrected chi connectivity index (χ0v) is 14.9. The van der Waals surface area contributed by atoms with Crippen LogP contribution in [-0.2, 0) is 11.2 Å². The first-order valence-corrected chi connectivity index (χ1v) is 9.42. The summed E-state index contributed by atoms with van der Waals surface area (Å²) in [6.45, 7) is 0. The number of para-hydroxylation sites is 1. The number of benzene rings is 2. The van der Waals surface area contributed by atoms with Crippen molar-refractivity contribution in [1.82, 2.24) is 4.98 Å². The molecule has 0 aliphatic carbocycles. The van der Waals surface area contributed by atoms with Gasteiger partial charge >= 0.3 is 0 Å². The van der Waals surface area contributed by atoms with Crippen molar-refractivity contribution in [2.24, 2.45) is 0 Å². The highest BCUT2D eigenvalue weighted by molar-refractivity contribution is 7.98. The Bertz CT molecular complexity index is 830. The standard InChI is InChI=1S/C20H20N2O2S/c1-25-18-11-6-5-10-16(18)22-19(23)12-7-13-20-21-14-17(24-20)15-8-3-2-4-9-15/h2-6,8-11,14H,7,12-13H2,1H3,(H,22,23). The number of aromatic nitrogens is 1. The van der Waals surface area contributed by atoms with Crippen molar-refractivity contribution in [2.75, 3.05) is 11.6 Å². The third-order valence-electron chi connectivity index (χ3n) is 3.79. The van der Waals surface area contributed by atoms with E-state index in [4.69, 9.17) is 4.42 Å². The van der Waals surface area contributed by atoms with Crippen molar-refractivity contribution in [3.8, 4) is 11.3 Å². The summed E-state index contributed by atoms with van der Waals surface area (Å²) in [6, 6.07) is 17.7. The van der Waals surface area contributed by atoms with E-state index in [9.17, 15) is 4.79 Å². The molecule has 4 nitrogen and oxygen atoms in total. The lowest BCUT2D eigenvalue weighted by atomic mass is 10.2. The van der Waals surface area contributed by atoms with E-state index < -0.39 is 0 Å². The van der Waals surface area contributed by atoms with Crippen LogP contribution in [0.15, 0.2) is 70.1 Å². The van der Waals surface area contributed by atoms with E-state index in [-0.39, 0.29) is 5.91 Å². The highest BCUT2D eigenvalue weighted by atomic mass is 32.2. The van der Waals surface area contributed by atoms with Crippen LogP contribution in [0.1, 0.15) is 18.7 Å². The van der Waals surface area contributed by atoms with Crippen molar-refractivity contribution >= 4 is 23.4 Å². The Hall–Kier alpha value is -2.53. The maximum absolute atomic E-state index is 12.1. The number of carbonyl (C=O) groups excluding carboxylic acids is 1. The van der Waals surface area contributed by atoms with Crippen molar-refractivity contribution in [2.45, 2.75) is 24.2 Å². The number of rotatable bonds is 7. The molecule has 0 bridgehead atoms. The molecule has 0 radical (unpaired) electrons. The largest absolute Gasteiger partial charge is 0.441 e. The summed E-state index contributed by atoms with van der Waals surface area (Å²) in [5, 5.41) is 2.97. The lowest BCUT2D eigenvalue weighted by Gasteiger charge is -2.08. The second kappa shape index (κ2) is 8.53. The summed E-state index contributed by atoms with van der Waals surface area (Å²) >= 11 is 1.62. The number of oxazole rings is 1. The van der Waals surface area contributed by atoms with Gasteiger partial charge in [-0.2, -0.15) is 0 Å². The van der Waals surface area contributed by atoms with E-state index in [2.05, 4.69) is 10.3 Å². The molecular formula is C20H20N2O2S. The van der Waals surface area contributed by atoms with Crippen molar-refractivity contribution in [3.63, 3.8) is 0 Å². The van der Waals surface area contributed by atoms with Crippen LogP contribution in [0, 0.1) is 0 Å². The number of thioether (sulfide) groups is 1. The minimum absolute atomic E-state index is 0.0105. The van der Waals surface area contributed by atoms with Gasteiger partial charge in [0.1, 0.15) is 0 Å². The molecule has 0 fully saturated rings. The maximum atomic E-state index is 12.1. The molecule has 3 aromatic rings. The fourth-order valence-corrected chi connectivity index (χ4v) is 3.08. The molecule has 1 amide bonds. The van der Waals surface area contributed by atoms with Crippen molar-refractivity contribution < 1.29 is 9.21 Å². The number of anilines is 1. The van der Waals surface area contributed by atoms with Gasteiger partial charge in [-0.25, -0.2) is 4.98 Å². The molecule has 0 aliphatic heterocycles. The Morgan fingerprint density at radius 3 is 2.68 bits per heavy atom. The number of aryl methyl sites for hydroxylation is 1. The number of hydrogen-bond acceptors (Lipinski definition) is 4. The number of nitrogens with one attached hydrogen (secondary N) is 1. The first-order chi connectivity index (χ1) is 12.3. The third kappa shape index (κ3) is 4.73. The summed E-state index contributed by atoms with van der Waals surface area (Å²) < 4.78 is 5.76. The molecule has 0 saturated heterocycles. The van der Waals surface area contributed by atoms with Crippen molar-refractivity contribution in [3.05, 3.63) is 66.7 Å². The fraction of sp³-hybridized carbons (Fsp3) is 0.200. The van der Waals surface area contributed by atoms with Crippen LogP contribution in [0.4, 0.5) is 5.69 Å². The Kier molecular flexibility index (Phi) is 5.90. The van der Waals surface area contributed by atoms with Gasteiger partial charge in [0.2, 0.25) is 5.91 Å². The molecule has 1 N–H and O–H groups in total. The molecule has 0 unspecified atom stereocenters. The van der Waals surface area contributed by atoms with Gasteiger partial charge in [0, 0.05) is 23.3 Å². The van der Waals surface area contributed by atoms with Crippen LogP contribution in [0.25, 0.3) is 11.3 Å². The van der Waals surface area contributed by atoms with Gasteiger partial charge in [-0.1, -0.05) is 42.5 Å². The summed E-state index contributed by atoms with van der Waals surface area (Å²) in [4.78, 5) is 17.5. The Morgan fingerprint density at radius 1 is 1.12 bits per heavy atom. The SMILES string of the molecule is CSc1ccccc1NC(=O)CCCc1ncc(-c2ccccc2)o1. The van der Waals surface area contributed by atoms with Crippen LogP contribution < -0.4 is 5.32 Å². The van der Waals surface area contributed by atoms with E-state index in [0.717, 1.165) is 21.9 Å². The summed E-state index contributed by atoms with van der Waals surface area (Å²) in [6.07, 6.45) is 5.51. The van der Waals surface area contributed by atoms with Gasteiger partial charge in [-0.3, -0.25) is 4.79 Å². The van der Waals surface area contributed by atoms with Crippen molar-refractivity contribution in [1.29, 1.82) is 0 Å². The second-order valence-corrected chi connectivity index (χ2v) is 6.43. The van der Waals surface area contributed by atoms with E-state index in [1.807, 2.05) is 60.9 Å². The second-order valence-electron chi connectivity index (χ2n) is 5.59. The summed E-state index contributed by atoms with van der Waals surface area (Å²) in [5.41, 5.74) is 1.87. The fourth-order valence-electron chi connectivity index (χ4n) is 2.52. The first-order valence-electron chi connectivity index (χ1n) is 8.19. The lowest BCUT2D eigenvalue weighted by molar-refractivity contribution is -0.116. The Balaban J connectivity index is 1.50. The zero-order chi connectivity index (χ0) is 17.5. The zero-order valence-electron chi connectivity index (χ0n) is 14.1. The van der Waals surface area contributed by atoms with Gasteiger partial charge < -0.3 is 9.73 Å². The maximum Gasteiger partial charge on any atom is 0.224 e. The highest BCUT2D eigenvalue weighted by Gasteiger charge is 2.09. The number of hydrogen-bond donors (Lipinski definition) is 1. The molecule has 1 aromatic heterocycles. The number of carbonyl (C=O) groups is 1. The van der Waals surface area contributed by atoms with E-state index >= 15 is 0 Å². The number of amides is 1. The topological polar surface area (TPSA) is 55.1 Å². The molecule has 1 heterocycles. The van der Waals surface area contributed by atoms with Crippen LogP contribution in [0.3, 0.4) is 0 Å². The molecule has 3 rings (SSSR count). The summed E-state index contributed by atoms with van der Waals surface area (Å²) in [5.74, 6) is 1.43. The minimum Gasteiger partial charge on any atom is -0.441 e. The van der Waals surface area contributed by atoms with Crippen LogP contribution in [0.5, 0.6) is 0 Å². The molecular weight excluding hydrogens is 332 g/mol. The van der Waals surface area contributed by atoms with Crippen LogP contribution in [0.2, 0.25) is 0 Å².